The Bertz CT molecular complexity index is 3130. The van der Waals surface area contributed by atoms with Crippen LogP contribution in [0.15, 0.2) is 102 Å². The van der Waals surface area contributed by atoms with Crippen LogP contribution in [0.1, 0.15) is 111 Å². The average molecular weight is 1120 g/mol. The molecule has 14 nitrogen and oxygen atoms in total. The third kappa shape index (κ3) is 16.2. The monoisotopic (exact) mass is 1120 g/mol. The quantitative estimate of drug-likeness (QED) is 0.0494. The summed E-state index contributed by atoms with van der Waals surface area (Å²) in [6, 6.07) is 7.10. The van der Waals surface area contributed by atoms with E-state index in [4.69, 9.17) is 13.7 Å². The third-order valence-electron chi connectivity index (χ3n) is 11.0. The minimum absolute atomic E-state index is 0.0971. The average Bonchev–Trinajstić information content (AvgIpc) is 2.34. The molecule has 0 saturated heterocycles. The van der Waals surface area contributed by atoms with E-state index in [1.165, 1.54) is 25.7 Å². The van der Waals surface area contributed by atoms with E-state index < -0.39 is 129 Å². The fourth-order valence-electron chi connectivity index (χ4n) is 7.28. The molecule has 4 atom stereocenters. The lowest BCUT2D eigenvalue weighted by Crippen LogP contribution is -2.49. The Morgan fingerprint density at radius 2 is 1.01 bits per heavy atom. The maximum absolute atomic E-state index is 12.5. The number of nitrogens with zero attached hydrogens (tertiary/aromatic N) is 2. The molecule has 5 N–H and O–H groups in total. The van der Waals surface area contributed by atoms with Gasteiger partial charge in [-0.05, 0) is 96.8 Å². The highest BCUT2D eigenvalue weighted by Gasteiger charge is 2.61. The highest BCUT2D eigenvalue weighted by atomic mass is 32.3. The predicted octanol–water partition coefficient (Wildman–Crippen LogP) is 11.7. The van der Waals surface area contributed by atoms with Crippen LogP contribution in [0.25, 0.3) is 0 Å². The van der Waals surface area contributed by atoms with Crippen molar-refractivity contribution in [1.82, 2.24) is 4.90 Å². The largest absolute Gasteiger partial charge is 0.534 e. The van der Waals surface area contributed by atoms with E-state index in [2.05, 4.69) is 29.9 Å². The highest BCUT2D eigenvalue weighted by Crippen LogP contribution is 2.49. The first kappa shape index (κ1) is 48.3. The summed E-state index contributed by atoms with van der Waals surface area (Å²) < 4.78 is 258. The van der Waals surface area contributed by atoms with Gasteiger partial charge in [-0.2, -0.15) is 64.8 Å². The molecule has 5 rings (SSSR count). The normalized spacial score (nSPS) is 20.8. The summed E-state index contributed by atoms with van der Waals surface area (Å²) in [5, 5.41) is 50.5. The van der Waals surface area contributed by atoms with Gasteiger partial charge in [0.2, 0.25) is 0 Å². The summed E-state index contributed by atoms with van der Waals surface area (Å²) in [7, 11) is -19.7. The second-order valence-electron chi connectivity index (χ2n) is 16.0. The van der Waals surface area contributed by atoms with Crippen molar-refractivity contribution in [2.45, 2.75) is 102 Å². The first-order chi connectivity index (χ1) is 37.5. The summed E-state index contributed by atoms with van der Waals surface area (Å²) in [5.74, 6) is -7.14. The molecule has 0 spiro atoms. The minimum atomic E-state index is -6.81. The lowest BCUT2D eigenvalue weighted by atomic mass is 9.74. The van der Waals surface area contributed by atoms with Crippen LogP contribution in [-0.4, -0.2) is 91.8 Å². The van der Waals surface area contributed by atoms with Crippen LogP contribution in [0.4, 0.5) is 45.2 Å². The topological polar surface area (TPSA) is 219 Å². The van der Waals surface area contributed by atoms with Gasteiger partial charge in [0.25, 0.3) is 0 Å². The zero-order valence-corrected chi connectivity index (χ0v) is 41.7. The van der Waals surface area contributed by atoms with Crippen LogP contribution in [0.3, 0.4) is 0 Å². The van der Waals surface area contributed by atoms with Gasteiger partial charge in [0.1, 0.15) is 34.5 Å². The number of phenolic OH excluding ortho intramolecular Hbond substituents is 5. The fourth-order valence-corrected chi connectivity index (χ4v) is 10.4. The smallest absolute Gasteiger partial charge is 0.508 e. The number of sulfonamides is 2. The SMILES string of the molecule is CCN(CC)CC.O=S(=O)(N(c1ccccc1)S(=O)(=O)C(F)(F)F)C(F)(F)F.[2H]C([2H])=C([C@@H]1CCC(C)=C[C@H]1c1c(O)cc(O)cc1O)C([2H])([2H])[2H].[2H]C([2H])=C([C@@H]1CCC(C)=C[C@H]1c1c(O)cc(OS(=O)(=O)C(F)(F)F)cc1O)C([2H])([2H])[2H]. The number of aromatic hydroxyl groups is 5. The lowest BCUT2D eigenvalue weighted by molar-refractivity contribution is -0.0501. The van der Waals surface area contributed by atoms with Crippen LogP contribution in [0.5, 0.6) is 34.5 Å². The molecule has 2 aliphatic carbocycles. The second kappa shape index (κ2) is 25.1. The van der Waals surface area contributed by atoms with Crippen molar-refractivity contribution < 1.29 is 108 Å². The van der Waals surface area contributed by atoms with Crippen molar-refractivity contribution in [1.29, 1.82) is 0 Å². The predicted molar refractivity (Wildman–Crippen MR) is 257 cm³/mol. The Morgan fingerprint density at radius 3 is 1.32 bits per heavy atom. The van der Waals surface area contributed by atoms with Gasteiger partial charge >= 0.3 is 46.7 Å². The Morgan fingerprint density at radius 1 is 0.644 bits per heavy atom. The first-order valence-corrected chi connectivity index (χ1v) is 25.6. The van der Waals surface area contributed by atoms with Crippen molar-refractivity contribution in [3.05, 3.63) is 113 Å². The number of rotatable bonds is 12. The molecular weight excluding hydrogens is 1050 g/mol. The van der Waals surface area contributed by atoms with E-state index >= 15 is 0 Å². The molecule has 3 aromatic rings. The van der Waals surface area contributed by atoms with Gasteiger partial charge in [0.15, 0.2) is 0 Å². The van der Waals surface area contributed by atoms with Gasteiger partial charge in [-0.1, -0.05) is 86.5 Å². The van der Waals surface area contributed by atoms with Crippen molar-refractivity contribution >= 4 is 35.9 Å². The summed E-state index contributed by atoms with van der Waals surface area (Å²) in [6.07, 6.45) is 4.84. The van der Waals surface area contributed by atoms with Gasteiger partial charge in [0.05, 0.1) is 11.2 Å². The van der Waals surface area contributed by atoms with E-state index in [1.54, 1.807) is 13.0 Å². The first-order valence-electron chi connectivity index (χ1n) is 26.3. The fraction of sp³-hybridized carbons (Fsp3) is 0.447. The third-order valence-corrected chi connectivity index (χ3v) is 15.6. The molecule has 0 aliphatic heterocycles. The Balaban J connectivity index is 0.000000408. The number of allylic oxidation sites excluding steroid dienone is 6. The van der Waals surface area contributed by atoms with Crippen LogP contribution in [0, 0.1) is 11.8 Å². The maximum Gasteiger partial charge on any atom is 0.534 e. The van der Waals surface area contributed by atoms with Crippen LogP contribution in [0.2, 0.25) is 0 Å². The number of phenols is 5. The number of hydrogen-bond acceptors (Lipinski definition) is 13. The molecule has 0 heterocycles. The minimum Gasteiger partial charge on any atom is -0.508 e. The van der Waals surface area contributed by atoms with Gasteiger partial charge in [-0.3, -0.25) is 0 Å². The number of benzene rings is 3. The molecule has 0 amide bonds. The van der Waals surface area contributed by atoms with E-state index in [0.29, 0.717) is 43.5 Å². The Labute approximate surface area is 433 Å². The molecule has 0 saturated carbocycles. The number of anilines is 1. The molecule has 0 aromatic heterocycles. The van der Waals surface area contributed by atoms with Gasteiger partial charge in [0, 0.05) is 55.5 Å². The van der Waals surface area contributed by atoms with Crippen LogP contribution >= 0.6 is 0 Å². The zero-order chi connectivity index (χ0) is 64.6. The van der Waals surface area contributed by atoms with Crippen molar-refractivity contribution in [3.8, 4) is 34.5 Å². The molecule has 0 bridgehead atoms. The Hall–Kier alpha value is -5.60. The molecule has 73 heavy (non-hydrogen) atoms. The Kier molecular flexibility index (Phi) is 16.6. The molecule has 0 fully saturated rings. The van der Waals surface area contributed by atoms with E-state index in [0.717, 1.165) is 41.5 Å². The van der Waals surface area contributed by atoms with E-state index in [1.807, 2.05) is 6.92 Å². The molecule has 26 heteroatoms. The van der Waals surface area contributed by atoms with Crippen LogP contribution in [-0.2, 0) is 30.2 Å². The van der Waals surface area contributed by atoms with Crippen molar-refractivity contribution in [2.75, 3.05) is 23.3 Å². The summed E-state index contributed by atoms with van der Waals surface area (Å²) >= 11 is 0. The maximum atomic E-state index is 12.5. The molecule has 0 unspecified atom stereocenters. The molecule has 410 valence electrons. The van der Waals surface area contributed by atoms with E-state index in [-0.39, 0.29) is 40.4 Å². The molecule has 3 aromatic carbocycles. The van der Waals surface area contributed by atoms with Crippen molar-refractivity contribution in [2.24, 2.45) is 11.8 Å². The van der Waals surface area contributed by atoms with Crippen molar-refractivity contribution in [3.63, 3.8) is 0 Å². The van der Waals surface area contributed by atoms with E-state index in [9.17, 15) is 90.3 Å². The van der Waals surface area contributed by atoms with Gasteiger partial charge in [-0.25, -0.2) is 0 Å². The van der Waals surface area contributed by atoms with Gasteiger partial charge in [-0.15, -0.1) is 3.71 Å². The zero-order valence-electron chi connectivity index (χ0n) is 49.2. The second-order valence-corrected chi connectivity index (χ2v) is 21.3. The number of hydrogen-bond donors (Lipinski definition) is 5. The van der Waals surface area contributed by atoms with Gasteiger partial charge < -0.3 is 34.6 Å². The number of halogens is 9. The molecular formula is C47H59F9N2O12S3. The molecule has 0 radical (unpaired) electrons. The summed E-state index contributed by atoms with van der Waals surface area (Å²) in [4.78, 5) is 2.38. The summed E-state index contributed by atoms with van der Waals surface area (Å²) in [5.41, 5.74) is -18.8. The van der Waals surface area contributed by atoms with Crippen LogP contribution < -0.4 is 7.89 Å². The molecule has 2 aliphatic rings. The highest BCUT2D eigenvalue weighted by molar-refractivity contribution is 8.11. The standard InChI is InChI=1S/C17H19F3O5S.C16H20O3.C8H5F6NO4S2.C6H15N/c1-9(2)12-5-4-10(3)6-13(12)16-14(21)7-11(8-15(16)22)25-26(23,24)17(18,19)20;1-9(2)12-5-4-10(3)6-13(12)16-14(18)7-11(17)8-15(16)19;9-7(10,11)20(16,17)15(6-4-2-1-3-5-6)21(18,19)8(12,13)14;1-4-7(5-2)6-3/h6-8,12-13,21-22H,1,4-5H2,2-3H3;6-8,12-13,17-19H,1,4-5H2,2-3H3;1-5H;4-6H2,1-3H3/t2*12-,13+;;/m00../s1/i2*1D2,2D3;;. The summed E-state index contributed by atoms with van der Waals surface area (Å²) in [6.45, 7) is 6.55. The number of para-hydroxylation sites is 1. The number of alkyl halides is 9. The lowest BCUT2D eigenvalue weighted by Gasteiger charge is -2.31.